The van der Waals surface area contributed by atoms with E-state index in [1.54, 1.807) is 0 Å². The Kier molecular flexibility index (Phi) is 5.74. The normalized spacial score (nSPS) is 22.8. The maximum absolute atomic E-state index is 12.6. The molecule has 1 N–H and O–H groups in total. The lowest BCUT2D eigenvalue weighted by atomic mass is 9.89. The molecule has 0 amide bonds. The van der Waals surface area contributed by atoms with Crippen LogP contribution in [0.5, 0.6) is 0 Å². The molecule has 1 aromatic heterocycles. The van der Waals surface area contributed by atoms with Crippen molar-refractivity contribution in [3.05, 3.63) is 41.1 Å². The summed E-state index contributed by atoms with van der Waals surface area (Å²) in [7, 11) is -0.997. The van der Waals surface area contributed by atoms with Crippen molar-refractivity contribution < 1.29 is 8.95 Å². The minimum absolute atomic E-state index is 0.329. The van der Waals surface area contributed by atoms with Crippen molar-refractivity contribution in [2.45, 2.75) is 55.9 Å². The van der Waals surface area contributed by atoms with Crippen LogP contribution in [0, 0.1) is 6.92 Å². The predicted octanol–water partition coefficient (Wildman–Crippen LogP) is 3.42. The number of anilines is 2. The molecular formula is C23H30N4O2S. The molecule has 7 heteroatoms. The molecule has 0 aliphatic carbocycles. The lowest BCUT2D eigenvalue weighted by molar-refractivity contribution is 0.0903. The van der Waals surface area contributed by atoms with Gasteiger partial charge in [-0.05, 0) is 44.1 Å². The van der Waals surface area contributed by atoms with Crippen molar-refractivity contribution in [1.82, 2.24) is 9.97 Å². The number of hydrogen-bond acceptors (Lipinski definition) is 6. The fourth-order valence-corrected chi connectivity index (χ4v) is 6.02. The highest BCUT2D eigenvalue weighted by atomic mass is 32.2. The van der Waals surface area contributed by atoms with Crippen LogP contribution >= 0.6 is 0 Å². The maximum Gasteiger partial charge on any atom is 0.227 e. The first-order valence-corrected chi connectivity index (χ1v) is 12.4. The molecule has 1 atom stereocenters. The Morgan fingerprint density at radius 3 is 2.53 bits per heavy atom. The van der Waals surface area contributed by atoms with Crippen LogP contribution in [0.25, 0.3) is 0 Å². The van der Waals surface area contributed by atoms with E-state index in [1.807, 2.05) is 0 Å². The molecule has 5 rings (SSSR count). The zero-order chi connectivity index (χ0) is 20.5. The van der Waals surface area contributed by atoms with Gasteiger partial charge in [-0.15, -0.1) is 0 Å². The van der Waals surface area contributed by atoms with Gasteiger partial charge in [-0.3, -0.25) is 4.21 Å². The number of nitrogens with one attached hydrogen (secondary N) is 1. The van der Waals surface area contributed by atoms with E-state index in [2.05, 4.69) is 41.4 Å². The standard InChI is InChI=1S/C23H30N4O2S/c1-16-2-4-17(5-3-16)18-6-11-27(12-7-18)23-25-20-10-15-30(28)21(20)22(26-23)24-19-8-13-29-14-9-19/h2-5,18-19H,6-15H2,1H3,(H,24,25,26). The van der Waals surface area contributed by atoms with E-state index in [-0.39, 0.29) is 0 Å². The highest BCUT2D eigenvalue weighted by Crippen LogP contribution is 2.34. The molecule has 0 radical (unpaired) electrons. The minimum Gasteiger partial charge on any atom is -0.381 e. The third-order valence-corrected chi connectivity index (χ3v) is 8.02. The number of benzene rings is 1. The molecule has 3 aliphatic rings. The highest BCUT2D eigenvalue weighted by molar-refractivity contribution is 7.85. The van der Waals surface area contributed by atoms with E-state index in [4.69, 9.17) is 14.7 Å². The van der Waals surface area contributed by atoms with E-state index in [9.17, 15) is 4.21 Å². The molecule has 3 aliphatic heterocycles. The zero-order valence-electron chi connectivity index (χ0n) is 17.6. The summed E-state index contributed by atoms with van der Waals surface area (Å²) in [5, 5.41) is 3.58. The summed E-state index contributed by atoms with van der Waals surface area (Å²) >= 11 is 0. The predicted molar refractivity (Wildman–Crippen MR) is 120 cm³/mol. The van der Waals surface area contributed by atoms with Crippen LogP contribution in [0.4, 0.5) is 11.8 Å². The lowest BCUT2D eigenvalue weighted by Gasteiger charge is -2.33. The van der Waals surface area contributed by atoms with Crippen molar-refractivity contribution in [3.8, 4) is 0 Å². The smallest absolute Gasteiger partial charge is 0.227 e. The first-order chi connectivity index (χ1) is 14.7. The molecule has 0 saturated carbocycles. The number of aromatic nitrogens is 2. The van der Waals surface area contributed by atoms with Crippen LogP contribution in [0.1, 0.15) is 48.4 Å². The number of rotatable bonds is 4. The minimum atomic E-state index is -0.997. The number of piperidine rings is 1. The second-order valence-electron chi connectivity index (χ2n) is 8.65. The van der Waals surface area contributed by atoms with E-state index >= 15 is 0 Å². The third kappa shape index (κ3) is 4.10. The number of aryl methyl sites for hydroxylation is 2. The summed E-state index contributed by atoms with van der Waals surface area (Å²) in [5.41, 5.74) is 3.71. The summed E-state index contributed by atoms with van der Waals surface area (Å²) in [6.07, 6.45) is 4.92. The first-order valence-electron chi connectivity index (χ1n) is 11.1. The van der Waals surface area contributed by atoms with E-state index in [0.29, 0.717) is 17.7 Å². The van der Waals surface area contributed by atoms with E-state index in [1.165, 1.54) is 11.1 Å². The Balaban J connectivity index is 1.34. The van der Waals surface area contributed by atoms with Crippen molar-refractivity contribution in [2.24, 2.45) is 0 Å². The molecule has 30 heavy (non-hydrogen) atoms. The van der Waals surface area contributed by atoms with Crippen LogP contribution in [0.3, 0.4) is 0 Å². The molecule has 2 fully saturated rings. The van der Waals surface area contributed by atoms with Crippen LogP contribution in [0.2, 0.25) is 0 Å². The molecule has 6 nitrogen and oxygen atoms in total. The van der Waals surface area contributed by atoms with Gasteiger partial charge < -0.3 is 15.0 Å². The van der Waals surface area contributed by atoms with Crippen LogP contribution in [-0.2, 0) is 22.0 Å². The van der Waals surface area contributed by atoms with Crippen molar-refractivity contribution >= 4 is 22.6 Å². The maximum atomic E-state index is 12.6. The average Bonchev–Trinajstić information content (AvgIpc) is 3.16. The van der Waals surface area contributed by atoms with Gasteiger partial charge in [0.05, 0.1) is 16.5 Å². The fraction of sp³-hybridized carbons (Fsp3) is 0.565. The Labute approximate surface area is 180 Å². The summed E-state index contributed by atoms with van der Waals surface area (Å²) in [4.78, 5) is 12.9. The first kappa shape index (κ1) is 19.9. The molecule has 160 valence electrons. The molecule has 1 unspecified atom stereocenters. The Morgan fingerprint density at radius 2 is 1.80 bits per heavy atom. The summed E-state index contributed by atoms with van der Waals surface area (Å²) < 4.78 is 18.1. The van der Waals surface area contributed by atoms with Crippen LogP contribution < -0.4 is 10.2 Å². The monoisotopic (exact) mass is 426 g/mol. The molecule has 4 heterocycles. The summed E-state index contributed by atoms with van der Waals surface area (Å²) in [6.45, 7) is 5.59. The van der Waals surface area contributed by atoms with E-state index < -0.39 is 10.8 Å². The molecule has 1 aromatic carbocycles. The lowest BCUT2D eigenvalue weighted by Crippen LogP contribution is -2.35. The van der Waals surface area contributed by atoms with Gasteiger partial charge in [0.2, 0.25) is 5.95 Å². The number of ether oxygens (including phenoxy) is 1. The molecular weight excluding hydrogens is 396 g/mol. The Morgan fingerprint density at radius 1 is 1.07 bits per heavy atom. The van der Waals surface area contributed by atoms with Gasteiger partial charge in [0.15, 0.2) is 0 Å². The SMILES string of the molecule is Cc1ccc(C2CCN(c3nc4c(c(NC5CCOCC5)n3)S(=O)CC4)CC2)cc1. The molecule has 2 aromatic rings. The number of fused-ring (bicyclic) bond motifs is 1. The Bertz CT molecular complexity index is 920. The second kappa shape index (κ2) is 8.63. The van der Waals surface area contributed by atoms with Gasteiger partial charge in [-0.25, -0.2) is 4.98 Å². The molecule has 0 spiro atoms. The van der Waals surface area contributed by atoms with Crippen LogP contribution in [0.15, 0.2) is 29.2 Å². The summed E-state index contributed by atoms with van der Waals surface area (Å²) in [5.74, 6) is 2.84. The molecule has 2 saturated heterocycles. The second-order valence-corrected chi connectivity index (χ2v) is 10.2. The molecule has 0 bridgehead atoms. The van der Waals surface area contributed by atoms with Gasteiger partial charge in [-0.2, -0.15) is 4.98 Å². The van der Waals surface area contributed by atoms with Gasteiger partial charge in [0, 0.05) is 44.5 Å². The largest absolute Gasteiger partial charge is 0.381 e. The fourth-order valence-electron chi connectivity index (χ4n) is 4.71. The topological polar surface area (TPSA) is 67.3 Å². The number of nitrogens with zero attached hydrogens (tertiary/aromatic N) is 3. The van der Waals surface area contributed by atoms with Gasteiger partial charge in [0.1, 0.15) is 10.7 Å². The van der Waals surface area contributed by atoms with Crippen molar-refractivity contribution in [2.75, 3.05) is 42.3 Å². The van der Waals surface area contributed by atoms with Gasteiger partial charge in [0.25, 0.3) is 0 Å². The van der Waals surface area contributed by atoms with Gasteiger partial charge in [-0.1, -0.05) is 29.8 Å². The van der Waals surface area contributed by atoms with Crippen molar-refractivity contribution in [1.29, 1.82) is 0 Å². The third-order valence-electron chi connectivity index (χ3n) is 6.56. The summed E-state index contributed by atoms with van der Waals surface area (Å²) in [6, 6.07) is 9.29. The average molecular weight is 427 g/mol. The van der Waals surface area contributed by atoms with Crippen molar-refractivity contribution in [3.63, 3.8) is 0 Å². The van der Waals surface area contributed by atoms with Crippen LogP contribution in [-0.4, -0.2) is 52.3 Å². The van der Waals surface area contributed by atoms with E-state index in [0.717, 1.165) is 80.8 Å². The quantitative estimate of drug-likeness (QED) is 0.808. The van der Waals surface area contributed by atoms with Gasteiger partial charge >= 0.3 is 0 Å². The highest BCUT2D eigenvalue weighted by Gasteiger charge is 2.30. The Hall–Kier alpha value is -1.99. The number of hydrogen-bond donors (Lipinski definition) is 1. The zero-order valence-corrected chi connectivity index (χ0v) is 18.4.